The van der Waals surface area contributed by atoms with E-state index in [-0.39, 0.29) is 0 Å². The lowest BCUT2D eigenvalue weighted by molar-refractivity contribution is 0.340. The smallest absolute Gasteiger partial charge is 0.123 e. The van der Waals surface area contributed by atoms with Crippen LogP contribution in [0.1, 0.15) is 33.6 Å². The van der Waals surface area contributed by atoms with Gasteiger partial charge in [0.25, 0.3) is 0 Å². The van der Waals surface area contributed by atoms with E-state index in [4.69, 9.17) is 10.5 Å². The van der Waals surface area contributed by atoms with Crippen molar-refractivity contribution >= 4 is 11.4 Å². The van der Waals surface area contributed by atoms with E-state index in [0.717, 1.165) is 29.6 Å². The minimum atomic E-state index is 0.496. The van der Waals surface area contributed by atoms with Gasteiger partial charge in [0.05, 0.1) is 6.61 Å². The lowest BCUT2D eigenvalue weighted by Crippen LogP contribution is -2.20. The number of nitrogens with one attached hydrogen (secondary N) is 1. The third-order valence-corrected chi connectivity index (χ3v) is 4.00. The summed E-state index contributed by atoms with van der Waals surface area (Å²) in [4.78, 5) is 0. The summed E-state index contributed by atoms with van der Waals surface area (Å²) in [6.07, 6.45) is 2.66. The third kappa shape index (κ3) is 2.89. The minimum Gasteiger partial charge on any atom is -0.494 e. The first-order valence-corrected chi connectivity index (χ1v) is 6.83. The van der Waals surface area contributed by atoms with Crippen LogP contribution in [0.25, 0.3) is 0 Å². The molecule has 0 spiro atoms. The maximum atomic E-state index is 5.88. The van der Waals surface area contributed by atoms with Gasteiger partial charge in [0.15, 0.2) is 0 Å². The minimum absolute atomic E-state index is 0.496. The molecule has 0 bridgehead atoms. The van der Waals surface area contributed by atoms with Crippen molar-refractivity contribution in [1.82, 2.24) is 0 Å². The molecule has 3 N–H and O–H groups in total. The number of hydrogen-bond donors (Lipinski definition) is 2. The van der Waals surface area contributed by atoms with Crippen molar-refractivity contribution in [3.05, 3.63) is 18.2 Å². The zero-order valence-corrected chi connectivity index (χ0v) is 11.6. The highest BCUT2D eigenvalue weighted by Crippen LogP contribution is 2.51. The Labute approximate surface area is 110 Å². The van der Waals surface area contributed by atoms with Gasteiger partial charge in [-0.1, -0.05) is 13.8 Å². The molecule has 1 saturated carbocycles. The van der Waals surface area contributed by atoms with E-state index in [9.17, 15) is 0 Å². The zero-order valence-electron chi connectivity index (χ0n) is 11.6. The highest BCUT2D eigenvalue weighted by atomic mass is 16.5. The number of nitrogens with two attached hydrogens (primary N) is 1. The number of ether oxygens (including phenoxy) is 1. The van der Waals surface area contributed by atoms with Gasteiger partial charge in [-0.05, 0) is 37.2 Å². The van der Waals surface area contributed by atoms with Gasteiger partial charge in [-0.3, -0.25) is 0 Å². The molecule has 0 saturated heterocycles. The summed E-state index contributed by atoms with van der Waals surface area (Å²) in [5.74, 6) is 1.58. The molecule has 0 aliphatic heterocycles. The molecule has 3 nitrogen and oxygen atoms in total. The highest BCUT2D eigenvalue weighted by Gasteiger charge is 2.44. The second-order valence-corrected chi connectivity index (χ2v) is 5.59. The van der Waals surface area contributed by atoms with Gasteiger partial charge >= 0.3 is 0 Å². The topological polar surface area (TPSA) is 47.3 Å². The zero-order chi connectivity index (χ0) is 13.2. The van der Waals surface area contributed by atoms with Crippen molar-refractivity contribution in [2.75, 3.05) is 24.2 Å². The molecule has 0 heterocycles. The molecule has 2 rings (SSSR count). The summed E-state index contributed by atoms with van der Waals surface area (Å²) < 4.78 is 5.50. The predicted molar refractivity (Wildman–Crippen MR) is 77.0 cm³/mol. The fourth-order valence-electron chi connectivity index (χ4n) is 2.37. The summed E-state index contributed by atoms with van der Waals surface area (Å²) in [6.45, 7) is 8.28. The van der Waals surface area contributed by atoms with Crippen LogP contribution in [0, 0.1) is 11.3 Å². The Bertz CT molecular complexity index is 411. The standard InChI is InChI=1S/C15H24N2O/c1-4-18-14-8-12(16)7-13(9-14)17-10-15(5-6-15)11(2)3/h7-9,11,17H,4-6,10,16H2,1-3H3. The van der Waals surface area contributed by atoms with Crippen LogP contribution in [0.15, 0.2) is 18.2 Å². The number of hydrogen-bond acceptors (Lipinski definition) is 3. The molecule has 0 aromatic heterocycles. The van der Waals surface area contributed by atoms with Crippen molar-refractivity contribution in [3.8, 4) is 5.75 Å². The van der Waals surface area contributed by atoms with E-state index in [1.165, 1.54) is 12.8 Å². The normalized spacial score (nSPS) is 16.7. The fraction of sp³-hybridized carbons (Fsp3) is 0.600. The largest absolute Gasteiger partial charge is 0.494 e. The Morgan fingerprint density at radius 3 is 2.61 bits per heavy atom. The molecule has 0 unspecified atom stereocenters. The van der Waals surface area contributed by atoms with Crippen molar-refractivity contribution in [2.24, 2.45) is 11.3 Å². The van der Waals surface area contributed by atoms with Crippen LogP contribution in [-0.2, 0) is 0 Å². The number of rotatable bonds is 6. The fourth-order valence-corrected chi connectivity index (χ4v) is 2.37. The molecular weight excluding hydrogens is 224 g/mol. The van der Waals surface area contributed by atoms with Crippen molar-refractivity contribution < 1.29 is 4.74 Å². The van der Waals surface area contributed by atoms with E-state index in [0.29, 0.717) is 12.0 Å². The van der Waals surface area contributed by atoms with Gasteiger partial charge in [-0.15, -0.1) is 0 Å². The molecule has 0 radical (unpaired) electrons. The van der Waals surface area contributed by atoms with E-state index in [1.807, 2.05) is 25.1 Å². The first kappa shape index (κ1) is 13.1. The molecule has 1 fully saturated rings. The molecule has 0 amide bonds. The van der Waals surface area contributed by atoms with Crippen LogP contribution in [0.4, 0.5) is 11.4 Å². The lowest BCUT2D eigenvalue weighted by atomic mass is 9.92. The molecule has 1 aliphatic carbocycles. The highest BCUT2D eigenvalue weighted by molar-refractivity contribution is 5.59. The number of benzene rings is 1. The Morgan fingerprint density at radius 1 is 1.33 bits per heavy atom. The molecule has 1 aliphatic rings. The van der Waals surface area contributed by atoms with Crippen LogP contribution in [0.3, 0.4) is 0 Å². The van der Waals surface area contributed by atoms with Crippen LogP contribution >= 0.6 is 0 Å². The van der Waals surface area contributed by atoms with Crippen molar-refractivity contribution in [2.45, 2.75) is 33.6 Å². The predicted octanol–water partition coefficient (Wildman–Crippen LogP) is 3.52. The van der Waals surface area contributed by atoms with Gasteiger partial charge in [-0.2, -0.15) is 0 Å². The average molecular weight is 248 g/mol. The van der Waals surface area contributed by atoms with Gasteiger partial charge < -0.3 is 15.8 Å². The van der Waals surface area contributed by atoms with E-state index < -0.39 is 0 Å². The van der Waals surface area contributed by atoms with Crippen molar-refractivity contribution in [3.63, 3.8) is 0 Å². The Kier molecular flexibility index (Phi) is 3.69. The lowest BCUT2D eigenvalue weighted by Gasteiger charge is -2.21. The Morgan fingerprint density at radius 2 is 2.06 bits per heavy atom. The van der Waals surface area contributed by atoms with E-state index >= 15 is 0 Å². The van der Waals surface area contributed by atoms with Crippen molar-refractivity contribution in [1.29, 1.82) is 0 Å². The first-order chi connectivity index (χ1) is 8.55. The molecule has 3 heteroatoms. The van der Waals surface area contributed by atoms with Crippen LogP contribution in [0.2, 0.25) is 0 Å². The average Bonchev–Trinajstić information content (AvgIpc) is 3.07. The molecule has 1 aromatic rings. The van der Waals surface area contributed by atoms with Crippen LogP contribution < -0.4 is 15.8 Å². The second kappa shape index (κ2) is 5.09. The van der Waals surface area contributed by atoms with E-state index in [1.54, 1.807) is 0 Å². The summed E-state index contributed by atoms with van der Waals surface area (Å²) in [6, 6.07) is 5.86. The summed E-state index contributed by atoms with van der Waals surface area (Å²) in [5, 5.41) is 3.51. The Hall–Kier alpha value is -1.38. The summed E-state index contributed by atoms with van der Waals surface area (Å²) in [7, 11) is 0. The van der Waals surface area contributed by atoms with E-state index in [2.05, 4.69) is 19.2 Å². The SMILES string of the molecule is CCOc1cc(N)cc(NCC2(C(C)C)CC2)c1. The monoisotopic (exact) mass is 248 g/mol. The van der Waals surface area contributed by atoms with Crippen LogP contribution in [-0.4, -0.2) is 13.2 Å². The molecule has 1 aromatic carbocycles. The second-order valence-electron chi connectivity index (χ2n) is 5.59. The molecular formula is C15H24N2O. The van der Waals surface area contributed by atoms with Gasteiger partial charge in [-0.25, -0.2) is 0 Å². The maximum Gasteiger partial charge on any atom is 0.123 e. The number of anilines is 2. The molecule has 0 atom stereocenters. The quantitative estimate of drug-likeness (QED) is 0.757. The number of nitrogen functional groups attached to an aromatic ring is 1. The Balaban J connectivity index is 2.01. The van der Waals surface area contributed by atoms with Gasteiger partial charge in [0.1, 0.15) is 5.75 Å². The van der Waals surface area contributed by atoms with Gasteiger partial charge in [0.2, 0.25) is 0 Å². The van der Waals surface area contributed by atoms with Crippen LogP contribution in [0.5, 0.6) is 5.75 Å². The summed E-state index contributed by atoms with van der Waals surface area (Å²) >= 11 is 0. The third-order valence-electron chi connectivity index (χ3n) is 4.00. The molecule has 18 heavy (non-hydrogen) atoms. The van der Waals surface area contributed by atoms with Gasteiger partial charge in [0, 0.05) is 30.1 Å². The summed E-state index contributed by atoms with van der Waals surface area (Å²) in [5.41, 5.74) is 8.19. The molecule has 100 valence electrons. The first-order valence-electron chi connectivity index (χ1n) is 6.83. The maximum absolute atomic E-state index is 5.88.